The van der Waals surface area contributed by atoms with Crippen molar-refractivity contribution in [3.05, 3.63) is 35.9 Å². The number of amides is 2. The van der Waals surface area contributed by atoms with Gasteiger partial charge >= 0.3 is 12.1 Å². The molecule has 1 heterocycles. The summed E-state index contributed by atoms with van der Waals surface area (Å²) in [5, 5.41) is 2.51. The van der Waals surface area contributed by atoms with Crippen LogP contribution in [0.5, 0.6) is 0 Å². The summed E-state index contributed by atoms with van der Waals surface area (Å²) in [4.78, 5) is 40.7. The molecule has 1 saturated heterocycles. The Morgan fingerprint density at radius 2 is 1.80 bits per heavy atom. The molecule has 8 nitrogen and oxygen atoms in total. The van der Waals surface area contributed by atoms with Gasteiger partial charge in [-0.05, 0) is 33.3 Å². The van der Waals surface area contributed by atoms with Gasteiger partial charge in [-0.15, -0.1) is 0 Å². The molecule has 1 fully saturated rings. The van der Waals surface area contributed by atoms with Gasteiger partial charge in [-0.3, -0.25) is 14.5 Å². The number of alkyl carbamates (subject to hydrolysis) is 1. The highest BCUT2D eigenvalue weighted by Gasteiger charge is 2.36. The van der Waals surface area contributed by atoms with E-state index in [1.54, 1.807) is 25.7 Å². The smallest absolute Gasteiger partial charge is 0.408 e. The van der Waals surface area contributed by atoms with Crippen LogP contribution in [0, 0.1) is 0 Å². The van der Waals surface area contributed by atoms with Gasteiger partial charge in [0.15, 0.2) is 0 Å². The van der Waals surface area contributed by atoms with Gasteiger partial charge in [0.25, 0.3) is 0 Å². The monoisotopic (exact) mass is 419 g/mol. The zero-order valence-corrected chi connectivity index (χ0v) is 18.5. The van der Waals surface area contributed by atoms with E-state index in [2.05, 4.69) is 22.3 Å². The van der Waals surface area contributed by atoms with Gasteiger partial charge in [-0.25, -0.2) is 4.79 Å². The third kappa shape index (κ3) is 7.33. The molecule has 0 radical (unpaired) electrons. The van der Waals surface area contributed by atoms with Gasteiger partial charge in [-0.2, -0.15) is 0 Å². The Labute approximate surface area is 178 Å². The number of carbonyl (C=O) groups is 3. The molecule has 1 aliphatic heterocycles. The lowest BCUT2D eigenvalue weighted by molar-refractivity contribution is -0.147. The minimum absolute atomic E-state index is 0.101. The lowest BCUT2D eigenvalue weighted by Crippen LogP contribution is -2.61. The number of hydrogen-bond donors (Lipinski definition) is 1. The van der Waals surface area contributed by atoms with Crippen molar-refractivity contribution < 1.29 is 23.9 Å². The number of rotatable bonds is 6. The maximum Gasteiger partial charge on any atom is 0.408 e. The summed E-state index contributed by atoms with van der Waals surface area (Å²) in [6.07, 6.45) is -0.541. The summed E-state index contributed by atoms with van der Waals surface area (Å²) < 4.78 is 10.0. The number of nitrogens with one attached hydrogen (secondary N) is 1. The quantitative estimate of drug-likeness (QED) is 0.711. The largest absolute Gasteiger partial charge is 0.469 e. The van der Waals surface area contributed by atoms with Crippen LogP contribution in [0.3, 0.4) is 0 Å². The number of benzene rings is 1. The summed E-state index contributed by atoms with van der Waals surface area (Å²) in [6.45, 7) is 9.00. The van der Waals surface area contributed by atoms with Crippen LogP contribution in [0.4, 0.5) is 4.79 Å². The number of methoxy groups -OCH3 is 1. The van der Waals surface area contributed by atoms with E-state index in [1.165, 1.54) is 12.7 Å². The van der Waals surface area contributed by atoms with E-state index in [-0.39, 0.29) is 36.9 Å². The number of esters is 1. The highest BCUT2D eigenvalue weighted by molar-refractivity contribution is 5.83. The molecule has 1 aromatic carbocycles. The molecule has 2 amide bonds. The van der Waals surface area contributed by atoms with Crippen molar-refractivity contribution in [1.29, 1.82) is 0 Å². The predicted octanol–water partition coefficient (Wildman–Crippen LogP) is 2.18. The van der Waals surface area contributed by atoms with Crippen molar-refractivity contribution in [2.24, 2.45) is 0 Å². The Balaban J connectivity index is 2.05. The van der Waals surface area contributed by atoms with E-state index < -0.39 is 11.7 Å². The summed E-state index contributed by atoms with van der Waals surface area (Å²) in [6, 6.07) is 9.62. The van der Waals surface area contributed by atoms with Crippen LogP contribution in [-0.4, -0.2) is 72.2 Å². The lowest BCUT2D eigenvalue weighted by atomic mass is 10.0. The highest BCUT2D eigenvalue weighted by atomic mass is 16.6. The first-order valence-electron chi connectivity index (χ1n) is 10.2. The fraction of sp³-hybridized carbons (Fsp3) is 0.591. The number of piperazine rings is 1. The Kier molecular flexibility index (Phi) is 8.23. The van der Waals surface area contributed by atoms with Crippen molar-refractivity contribution in [1.82, 2.24) is 15.1 Å². The number of ether oxygens (including phenoxy) is 2. The zero-order valence-electron chi connectivity index (χ0n) is 18.5. The third-order valence-corrected chi connectivity index (χ3v) is 4.81. The molecule has 0 saturated carbocycles. The number of hydrogen-bond acceptors (Lipinski definition) is 6. The molecule has 0 aromatic heterocycles. The number of nitrogens with zero attached hydrogens (tertiary/aromatic N) is 2. The van der Waals surface area contributed by atoms with Crippen LogP contribution in [-0.2, 0) is 25.6 Å². The van der Waals surface area contributed by atoms with E-state index in [9.17, 15) is 14.4 Å². The predicted molar refractivity (Wildman–Crippen MR) is 113 cm³/mol. The minimum Gasteiger partial charge on any atom is -0.469 e. The molecule has 0 bridgehead atoms. The molecule has 166 valence electrons. The maximum absolute atomic E-state index is 12.9. The van der Waals surface area contributed by atoms with E-state index in [1.807, 2.05) is 25.1 Å². The first-order chi connectivity index (χ1) is 14.1. The average molecular weight is 420 g/mol. The molecule has 2 rings (SSSR count). The second-order valence-electron chi connectivity index (χ2n) is 8.62. The van der Waals surface area contributed by atoms with Crippen LogP contribution in [0.25, 0.3) is 0 Å². The van der Waals surface area contributed by atoms with Crippen LogP contribution in [0.1, 0.15) is 39.7 Å². The molecule has 1 N–H and O–H groups in total. The summed E-state index contributed by atoms with van der Waals surface area (Å²) in [5.74, 6) is -0.617. The summed E-state index contributed by atoms with van der Waals surface area (Å²) >= 11 is 0. The summed E-state index contributed by atoms with van der Waals surface area (Å²) in [7, 11) is 1.34. The van der Waals surface area contributed by atoms with Gasteiger partial charge in [-0.1, -0.05) is 30.3 Å². The van der Waals surface area contributed by atoms with Crippen LogP contribution >= 0.6 is 0 Å². The Bertz CT molecular complexity index is 732. The van der Waals surface area contributed by atoms with E-state index >= 15 is 0 Å². The first-order valence-corrected chi connectivity index (χ1v) is 10.2. The fourth-order valence-corrected chi connectivity index (χ4v) is 3.69. The Hall–Kier alpha value is -2.61. The molecule has 0 aliphatic carbocycles. The van der Waals surface area contributed by atoms with Crippen molar-refractivity contribution in [2.75, 3.05) is 26.7 Å². The van der Waals surface area contributed by atoms with Crippen LogP contribution < -0.4 is 5.32 Å². The van der Waals surface area contributed by atoms with E-state index in [4.69, 9.17) is 9.47 Å². The molecular weight excluding hydrogens is 386 g/mol. The second-order valence-corrected chi connectivity index (χ2v) is 8.62. The molecule has 8 heteroatoms. The Morgan fingerprint density at radius 1 is 1.13 bits per heavy atom. The molecule has 2 atom stereocenters. The highest BCUT2D eigenvalue weighted by Crippen LogP contribution is 2.21. The van der Waals surface area contributed by atoms with Crippen molar-refractivity contribution in [2.45, 2.75) is 58.3 Å². The van der Waals surface area contributed by atoms with Crippen molar-refractivity contribution in [3.63, 3.8) is 0 Å². The van der Waals surface area contributed by atoms with Gasteiger partial charge in [0, 0.05) is 25.7 Å². The van der Waals surface area contributed by atoms with Crippen LogP contribution in [0.15, 0.2) is 30.3 Å². The normalized spacial score (nSPS) is 19.8. The minimum atomic E-state index is -0.643. The van der Waals surface area contributed by atoms with E-state index in [0.29, 0.717) is 13.1 Å². The molecule has 0 spiro atoms. The molecule has 1 aromatic rings. The molecular formula is C22H33N3O5. The number of carbonyl (C=O) groups excluding carboxylic acids is 3. The molecule has 1 unspecified atom stereocenters. The average Bonchev–Trinajstić information content (AvgIpc) is 2.65. The van der Waals surface area contributed by atoms with Gasteiger partial charge < -0.3 is 19.7 Å². The first kappa shape index (κ1) is 23.7. The summed E-state index contributed by atoms with van der Waals surface area (Å²) in [5.41, 5.74) is 0.532. The standard InChI is InChI=1S/C22H33N3O5/c1-16-13-24(14-17-9-7-6-8-10-17)15-18(11-20(27)29-5)25(16)19(26)12-23-21(28)30-22(2,3)4/h6-10,16,18H,11-15H2,1-5H3,(H,23,28)/t16-,18?/m1/s1. The maximum atomic E-state index is 12.9. The third-order valence-electron chi connectivity index (χ3n) is 4.81. The molecule has 1 aliphatic rings. The van der Waals surface area contributed by atoms with Gasteiger partial charge in [0.05, 0.1) is 19.6 Å². The SMILES string of the molecule is COC(=O)CC1CN(Cc2ccccc2)C[C@@H](C)N1C(=O)CNC(=O)OC(C)(C)C. The molecule has 30 heavy (non-hydrogen) atoms. The van der Waals surface area contributed by atoms with E-state index in [0.717, 1.165) is 6.54 Å². The topological polar surface area (TPSA) is 88.2 Å². The lowest BCUT2D eigenvalue weighted by Gasteiger charge is -2.45. The van der Waals surface area contributed by atoms with Crippen molar-refractivity contribution in [3.8, 4) is 0 Å². The fourth-order valence-electron chi connectivity index (χ4n) is 3.69. The van der Waals surface area contributed by atoms with Gasteiger partial charge in [0.2, 0.25) is 5.91 Å². The van der Waals surface area contributed by atoms with Crippen molar-refractivity contribution >= 4 is 18.0 Å². The second kappa shape index (κ2) is 10.4. The Morgan fingerprint density at radius 3 is 2.40 bits per heavy atom. The zero-order chi connectivity index (χ0) is 22.3. The van der Waals surface area contributed by atoms with Crippen LogP contribution in [0.2, 0.25) is 0 Å². The van der Waals surface area contributed by atoms with Gasteiger partial charge in [0.1, 0.15) is 12.1 Å².